The number of para-hydroxylation sites is 1. The Labute approximate surface area is 142 Å². The fourth-order valence-electron chi connectivity index (χ4n) is 3.08. The number of aryl methyl sites for hydroxylation is 1. The van der Waals surface area contributed by atoms with Gasteiger partial charge in [-0.15, -0.1) is 0 Å². The van der Waals surface area contributed by atoms with Crippen LogP contribution in [0.5, 0.6) is 0 Å². The number of fused-ring (bicyclic) bond motifs is 1. The molecular formula is C20H23N3O. The Hall–Kier alpha value is -2.59. The van der Waals surface area contributed by atoms with Gasteiger partial charge in [-0.2, -0.15) is 0 Å². The molecule has 0 fully saturated rings. The predicted octanol–water partition coefficient (Wildman–Crippen LogP) is 3.21. The third-order valence-electron chi connectivity index (χ3n) is 4.41. The summed E-state index contributed by atoms with van der Waals surface area (Å²) >= 11 is 0. The number of carbonyl (C=O) groups excluding carboxylic acids is 1. The standard InChI is InChI=1S/C20H23N3O/c1-22(2)19(15-9-5-4-6-10-15)13-21-20(24)17-14-23(3)18-12-8-7-11-16(17)18/h4-12,14,19H,13H2,1-3H3,(H,21,24). The second kappa shape index (κ2) is 6.89. The summed E-state index contributed by atoms with van der Waals surface area (Å²) in [5.41, 5.74) is 2.98. The van der Waals surface area contributed by atoms with Gasteiger partial charge in [0.25, 0.3) is 5.91 Å². The van der Waals surface area contributed by atoms with E-state index in [0.29, 0.717) is 6.54 Å². The number of amides is 1. The van der Waals surface area contributed by atoms with E-state index in [4.69, 9.17) is 0 Å². The quantitative estimate of drug-likeness (QED) is 0.783. The first-order valence-corrected chi connectivity index (χ1v) is 8.11. The van der Waals surface area contributed by atoms with Crippen molar-refractivity contribution >= 4 is 16.8 Å². The maximum Gasteiger partial charge on any atom is 0.253 e. The highest BCUT2D eigenvalue weighted by Crippen LogP contribution is 2.21. The Morgan fingerprint density at radius 2 is 1.75 bits per heavy atom. The Bertz CT molecular complexity index is 836. The Kier molecular flexibility index (Phi) is 4.67. The van der Waals surface area contributed by atoms with Gasteiger partial charge in [0, 0.05) is 30.7 Å². The molecule has 3 aromatic rings. The van der Waals surface area contributed by atoms with Crippen molar-refractivity contribution in [2.45, 2.75) is 6.04 Å². The van der Waals surface area contributed by atoms with Gasteiger partial charge in [0.05, 0.1) is 11.6 Å². The Morgan fingerprint density at radius 3 is 2.46 bits per heavy atom. The minimum Gasteiger partial charge on any atom is -0.350 e. The van der Waals surface area contributed by atoms with E-state index in [2.05, 4.69) is 22.3 Å². The minimum atomic E-state index is -0.0328. The lowest BCUT2D eigenvalue weighted by Crippen LogP contribution is -2.34. The summed E-state index contributed by atoms with van der Waals surface area (Å²) in [6.45, 7) is 0.569. The Morgan fingerprint density at radius 1 is 1.08 bits per heavy atom. The fraction of sp³-hybridized carbons (Fsp3) is 0.250. The molecule has 0 saturated heterocycles. The summed E-state index contributed by atoms with van der Waals surface area (Å²) in [5, 5.41) is 4.08. The minimum absolute atomic E-state index is 0.0328. The normalized spacial score (nSPS) is 12.5. The van der Waals surface area contributed by atoms with Crippen LogP contribution in [0.3, 0.4) is 0 Å². The molecule has 3 rings (SSSR count). The first-order chi connectivity index (χ1) is 11.6. The molecule has 0 aliphatic carbocycles. The van der Waals surface area contributed by atoms with Gasteiger partial charge >= 0.3 is 0 Å². The van der Waals surface area contributed by atoms with E-state index in [1.54, 1.807) is 0 Å². The van der Waals surface area contributed by atoms with Crippen LogP contribution in [0.1, 0.15) is 22.0 Å². The predicted molar refractivity (Wildman–Crippen MR) is 98.1 cm³/mol. The molecule has 0 aliphatic heterocycles. The number of nitrogens with one attached hydrogen (secondary N) is 1. The van der Waals surface area contributed by atoms with Gasteiger partial charge in [-0.1, -0.05) is 48.5 Å². The van der Waals surface area contributed by atoms with E-state index in [0.717, 1.165) is 16.5 Å². The highest BCUT2D eigenvalue weighted by atomic mass is 16.1. The molecule has 1 amide bonds. The second-order valence-electron chi connectivity index (χ2n) is 6.27. The summed E-state index contributed by atoms with van der Waals surface area (Å²) in [4.78, 5) is 14.8. The third kappa shape index (κ3) is 3.19. The van der Waals surface area contributed by atoms with E-state index in [9.17, 15) is 4.79 Å². The zero-order chi connectivity index (χ0) is 17.1. The monoisotopic (exact) mass is 321 g/mol. The maximum atomic E-state index is 12.7. The molecule has 1 atom stereocenters. The van der Waals surface area contributed by atoms with Crippen LogP contribution >= 0.6 is 0 Å². The number of aromatic nitrogens is 1. The topological polar surface area (TPSA) is 37.3 Å². The van der Waals surface area contributed by atoms with Gasteiger partial charge in [-0.3, -0.25) is 4.79 Å². The highest BCUT2D eigenvalue weighted by Gasteiger charge is 2.18. The zero-order valence-electron chi connectivity index (χ0n) is 14.4. The van der Waals surface area contributed by atoms with Crippen LogP contribution in [0.15, 0.2) is 60.8 Å². The van der Waals surface area contributed by atoms with Crippen molar-refractivity contribution in [1.29, 1.82) is 0 Å². The van der Waals surface area contributed by atoms with E-state index >= 15 is 0 Å². The van der Waals surface area contributed by atoms with Crippen molar-refractivity contribution in [3.05, 3.63) is 71.9 Å². The summed E-state index contributed by atoms with van der Waals surface area (Å²) < 4.78 is 1.99. The molecule has 0 spiro atoms. The van der Waals surface area contributed by atoms with Gasteiger partial charge in [0.15, 0.2) is 0 Å². The van der Waals surface area contributed by atoms with E-state index < -0.39 is 0 Å². The van der Waals surface area contributed by atoms with Crippen molar-refractivity contribution in [3.8, 4) is 0 Å². The van der Waals surface area contributed by atoms with Crippen LogP contribution in [0.2, 0.25) is 0 Å². The molecule has 1 aromatic heterocycles. The largest absolute Gasteiger partial charge is 0.350 e. The third-order valence-corrected chi connectivity index (χ3v) is 4.41. The summed E-state index contributed by atoms with van der Waals surface area (Å²) in [6.07, 6.45) is 1.90. The molecular weight excluding hydrogens is 298 g/mol. The average molecular weight is 321 g/mol. The lowest BCUT2D eigenvalue weighted by molar-refractivity contribution is 0.0943. The molecule has 24 heavy (non-hydrogen) atoms. The van der Waals surface area contributed by atoms with Gasteiger partial charge in [0.2, 0.25) is 0 Å². The molecule has 2 aromatic carbocycles. The van der Waals surface area contributed by atoms with Crippen LogP contribution in [0.25, 0.3) is 10.9 Å². The number of nitrogens with zero attached hydrogens (tertiary/aromatic N) is 2. The van der Waals surface area contributed by atoms with E-state index in [1.165, 1.54) is 5.56 Å². The van der Waals surface area contributed by atoms with Gasteiger partial charge < -0.3 is 14.8 Å². The van der Waals surface area contributed by atoms with Gasteiger partial charge in [-0.05, 0) is 25.7 Å². The van der Waals surface area contributed by atoms with Crippen LogP contribution in [-0.4, -0.2) is 36.0 Å². The van der Waals surface area contributed by atoms with Crippen LogP contribution in [0, 0.1) is 0 Å². The maximum absolute atomic E-state index is 12.7. The molecule has 0 radical (unpaired) electrons. The highest BCUT2D eigenvalue weighted by molar-refractivity contribution is 6.06. The first-order valence-electron chi connectivity index (χ1n) is 8.11. The van der Waals surface area contributed by atoms with E-state index in [1.807, 2.05) is 74.4 Å². The lowest BCUT2D eigenvalue weighted by Gasteiger charge is -2.25. The molecule has 1 heterocycles. The van der Waals surface area contributed by atoms with Gasteiger partial charge in [0.1, 0.15) is 0 Å². The summed E-state index contributed by atoms with van der Waals surface area (Å²) in [5.74, 6) is -0.0328. The van der Waals surface area contributed by atoms with Crippen LogP contribution in [-0.2, 0) is 7.05 Å². The number of likely N-dealkylation sites (N-methyl/N-ethyl adjacent to an activating group) is 1. The lowest BCUT2D eigenvalue weighted by atomic mass is 10.1. The summed E-state index contributed by atoms with van der Waals surface area (Å²) in [6, 6.07) is 18.4. The van der Waals surface area contributed by atoms with E-state index in [-0.39, 0.29) is 11.9 Å². The number of benzene rings is 2. The fourth-order valence-corrected chi connectivity index (χ4v) is 3.08. The molecule has 0 bridgehead atoms. The molecule has 1 N–H and O–H groups in total. The van der Waals surface area contributed by atoms with Crippen LogP contribution in [0.4, 0.5) is 0 Å². The number of carbonyl (C=O) groups is 1. The Balaban J connectivity index is 1.79. The summed E-state index contributed by atoms with van der Waals surface area (Å²) in [7, 11) is 6.02. The first kappa shape index (κ1) is 16.3. The number of hydrogen-bond donors (Lipinski definition) is 1. The van der Waals surface area contributed by atoms with Crippen molar-refractivity contribution in [2.24, 2.45) is 7.05 Å². The second-order valence-corrected chi connectivity index (χ2v) is 6.27. The molecule has 0 aliphatic rings. The van der Waals surface area contributed by atoms with Crippen molar-refractivity contribution in [3.63, 3.8) is 0 Å². The SMILES string of the molecule is CN(C)C(CNC(=O)c1cn(C)c2ccccc12)c1ccccc1. The smallest absolute Gasteiger partial charge is 0.253 e. The molecule has 4 nitrogen and oxygen atoms in total. The molecule has 124 valence electrons. The van der Waals surface area contributed by atoms with Crippen molar-refractivity contribution < 1.29 is 4.79 Å². The number of rotatable bonds is 5. The van der Waals surface area contributed by atoms with Crippen LogP contribution < -0.4 is 5.32 Å². The van der Waals surface area contributed by atoms with Gasteiger partial charge in [-0.25, -0.2) is 0 Å². The average Bonchev–Trinajstić information content (AvgIpc) is 2.93. The van der Waals surface area contributed by atoms with Crippen molar-refractivity contribution in [1.82, 2.24) is 14.8 Å². The molecule has 1 unspecified atom stereocenters. The molecule has 4 heteroatoms. The molecule has 0 saturated carbocycles. The number of hydrogen-bond acceptors (Lipinski definition) is 2. The van der Waals surface area contributed by atoms with Crippen molar-refractivity contribution in [2.75, 3.05) is 20.6 Å². The zero-order valence-corrected chi connectivity index (χ0v) is 14.4.